The Morgan fingerprint density at radius 2 is 1.95 bits per heavy atom. The third kappa shape index (κ3) is 5.15. The van der Waals surface area contributed by atoms with E-state index in [9.17, 15) is 19.7 Å². The Kier molecular flexibility index (Phi) is 7.81. The highest BCUT2D eigenvalue weighted by Gasteiger charge is 2.33. The van der Waals surface area contributed by atoms with E-state index in [0.717, 1.165) is 5.69 Å². The van der Waals surface area contributed by atoms with Crippen molar-refractivity contribution < 1.29 is 23.9 Å². The van der Waals surface area contributed by atoms with Crippen LogP contribution in [0.15, 0.2) is 63.5 Å². The van der Waals surface area contributed by atoms with E-state index < -0.39 is 16.9 Å². The van der Waals surface area contributed by atoms with Crippen molar-refractivity contribution in [1.82, 2.24) is 4.57 Å². The molecule has 0 radical (unpaired) electrons. The zero-order valence-corrected chi connectivity index (χ0v) is 23.1. The van der Waals surface area contributed by atoms with Gasteiger partial charge in [0.15, 0.2) is 4.80 Å². The molecule has 0 bridgehead atoms. The number of rotatable bonds is 7. The topological polar surface area (TPSA) is 126 Å². The first-order chi connectivity index (χ1) is 19.3. The van der Waals surface area contributed by atoms with Crippen molar-refractivity contribution in [2.75, 3.05) is 44.9 Å². The second-order valence-electron chi connectivity index (χ2n) is 9.18. The lowest BCUT2D eigenvalue weighted by atomic mass is 9.96. The normalized spacial score (nSPS) is 17.3. The van der Waals surface area contributed by atoms with Gasteiger partial charge in [-0.1, -0.05) is 23.5 Å². The fourth-order valence-electron chi connectivity index (χ4n) is 4.90. The van der Waals surface area contributed by atoms with Crippen LogP contribution in [0.25, 0.3) is 6.08 Å². The number of thiazole rings is 1. The quantitative estimate of drug-likeness (QED) is 0.244. The predicted octanol–water partition coefficient (Wildman–Crippen LogP) is 2.55. The summed E-state index contributed by atoms with van der Waals surface area (Å²) in [5.41, 5.74) is 2.30. The first-order valence-electron chi connectivity index (χ1n) is 12.8. The predicted molar refractivity (Wildman–Crippen MR) is 150 cm³/mol. The lowest BCUT2D eigenvalue weighted by molar-refractivity contribution is -0.384. The molecular weight excluding hydrogens is 536 g/mol. The minimum atomic E-state index is -0.771. The summed E-state index contributed by atoms with van der Waals surface area (Å²) in [4.78, 5) is 45.3. The van der Waals surface area contributed by atoms with Gasteiger partial charge >= 0.3 is 5.97 Å². The number of carbonyl (C=O) groups is 1. The standard InChI is InChI=1S/C28H28N4O7S/c1-4-39-27(34)24-17(2)29-28-31(25(24)18-5-8-21(37-3)9-6-18)26(33)23(40-28)16-19-15-20(32(35)36)7-10-22(19)30-11-13-38-14-12-30/h5-10,15-16,25H,4,11-14H2,1-3H3/b23-16-. The Balaban J connectivity index is 1.70. The Bertz CT molecular complexity index is 1670. The number of fused-ring (bicyclic) bond motifs is 1. The molecule has 5 rings (SSSR count). The van der Waals surface area contributed by atoms with Crippen molar-refractivity contribution in [3.63, 3.8) is 0 Å². The van der Waals surface area contributed by atoms with Gasteiger partial charge in [-0.15, -0.1) is 0 Å². The van der Waals surface area contributed by atoms with Crippen molar-refractivity contribution >= 4 is 34.8 Å². The molecule has 1 fully saturated rings. The van der Waals surface area contributed by atoms with Gasteiger partial charge < -0.3 is 19.1 Å². The van der Waals surface area contributed by atoms with E-state index in [-0.39, 0.29) is 23.4 Å². The second kappa shape index (κ2) is 11.4. The largest absolute Gasteiger partial charge is 0.497 e. The minimum Gasteiger partial charge on any atom is -0.497 e. The number of esters is 1. The first-order valence-corrected chi connectivity index (χ1v) is 13.6. The zero-order chi connectivity index (χ0) is 28.4. The van der Waals surface area contributed by atoms with Crippen LogP contribution in [0.1, 0.15) is 31.0 Å². The third-order valence-corrected chi connectivity index (χ3v) is 7.79. The average molecular weight is 565 g/mol. The van der Waals surface area contributed by atoms with Gasteiger partial charge in [-0.2, -0.15) is 0 Å². The highest BCUT2D eigenvalue weighted by atomic mass is 32.1. The molecule has 40 heavy (non-hydrogen) atoms. The van der Waals surface area contributed by atoms with Crippen LogP contribution >= 0.6 is 11.3 Å². The highest BCUT2D eigenvalue weighted by Crippen LogP contribution is 2.32. The van der Waals surface area contributed by atoms with Crippen LogP contribution in [0.3, 0.4) is 0 Å². The molecule has 0 aliphatic carbocycles. The van der Waals surface area contributed by atoms with Crippen LogP contribution in [-0.2, 0) is 14.3 Å². The summed E-state index contributed by atoms with van der Waals surface area (Å²) in [5.74, 6) is 0.0861. The molecule has 208 valence electrons. The van der Waals surface area contributed by atoms with E-state index in [1.165, 1.54) is 28.0 Å². The maximum absolute atomic E-state index is 14.0. The summed E-state index contributed by atoms with van der Waals surface area (Å²) in [6.45, 7) is 5.94. The highest BCUT2D eigenvalue weighted by molar-refractivity contribution is 7.07. The maximum atomic E-state index is 14.0. The number of hydrogen-bond acceptors (Lipinski definition) is 10. The SMILES string of the molecule is CCOC(=O)C1=C(C)N=c2s/c(=C\c3cc([N+](=O)[O-])ccc3N3CCOCC3)c(=O)n2C1c1ccc(OC)cc1. The van der Waals surface area contributed by atoms with Gasteiger partial charge in [0.25, 0.3) is 11.2 Å². The number of carbonyl (C=O) groups excluding carboxylic acids is 1. The maximum Gasteiger partial charge on any atom is 0.338 e. The number of benzene rings is 2. The summed E-state index contributed by atoms with van der Waals surface area (Å²) in [5, 5.41) is 11.6. The van der Waals surface area contributed by atoms with Crippen molar-refractivity contribution in [2.45, 2.75) is 19.9 Å². The summed E-state index contributed by atoms with van der Waals surface area (Å²) in [6, 6.07) is 11.0. The number of anilines is 1. The molecule has 12 heteroatoms. The molecule has 1 saturated heterocycles. The molecule has 3 heterocycles. The van der Waals surface area contributed by atoms with E-state index in [2.05, 4.69) is 9.89 Å². The Hall–Kier alpha value is -4.29. The van der Waals surface area contributed by atoms with Gasteiger partial charge in [0.05, 0.1) is 53.7 Å². The number of allylic oxidation sites excluding steroid dienone is 1. The lowest BCUT2D eigenvalue weighted by Crippen LogP contribution is -2.40. The molecule has 1 atom stereocenters. The van der Waals surface area contributed by atoms with E-state index >= 15 is 0 Å². The summed E-state index contributed by atoms with van der Waals surface area (Å²) in [6.07, 6.45) is 1.66. The van der Waals surface area contributed by atoms with Crippen LogP contribution in [0.4, 0.5) is 11.4 Å². The number of nitro groups is 1. The van der Waals surface area contributed by atoms with Gasteiger partial charge in [0, 0.05) is 36.5 Å². The van der Waals surface area contributed by atoms with Crippen molar-refractivity contribution in [3.8, 4) is 5.75 Å². The van der Waals surface area contributed by atoms with E-state index in [0.29, 0.717) is 58.2 Å². The molecule has 2 aliphatic heterocycles. The smallest absolute Gasteiger partial charge is 0.338 e. The molecule has 1 unspecified atom stereocenters. The van der Waals surface area contributed by atoms with Crippen molar-refractivity contribution in [3.05, 3.63) is 94.7 Å². The second-order valence-corrected chi connectivity index (χ2v) is 10.2. The zero-order valence-electron chi connectivity index (χ0n) is 22.3. The van der Waals surface area contributed by atoms with Gasteiger partial charge in [-0.05, 0) is 43.7 Å². The fraction of sp³-hybridized carbons (Fsp3) is 0.321. The van der Waals surface area contributed by atoms with E-state index in [4.69, 9.17) is 14.2 Å². The fourth-order valence-corrected chi connectivity index (χ4v) is 5.94. The van der Waals surface area contributed by atoms with Crippen LogP contribution < -0.4 is 24.5 Å². The molecule has 0 N–H and O–H groups in total. The van der Waals surface area contributed by atoms with Crippen LogP contribution in [0.2, 0.25) is 0 Å². The number of nitrogens with zero attached hydrogens (tertiary/aromatic N) is 4. The van der Waals surface area contributed by atoms with Crippen LogP contribution in [0, 0.1) is 10.1 Å². The number of morpholine rings is 1. The monoisotopic (exact) mass is 564 g/mol. The first kappa shape index (κ1) is 27.3. The lowest BCUT2D eigenvalue weighted by Gasteiger charge is -2.30. The molecule has 1 aromatic heterocycles. The number of ether oxygens (including phenoxy) is 3. The number of hydrogen-bond donors (Lipinski definition) is 0. The molecule has 0 saturated carbocycles. The Morgan fingerprint density at radius 1 is 1.23 bits per heavy atom. The summed E-state index contributed by atoms with van der Waals surface area (Å²) < 4.78 is 17.9. The van der Waals surface area contributed by atoms with Gasteiger partial charge in [0.2, 0.25) is 0 Å². The van der Waals surface area contributed by atoms with Crippen LogP contribution in [-0.4, -0.2) is 55.5 Å². The van der Waals surface area contributed by atoms with Gasteiger partial charge in [-0.3, -0.25) is 19.5 Å². The molecule has 2 aliphatic rings. The molecule has 0 amide bonds. The molecular formula is C28H28N4O7S. The summed E-state index contributed by atoms with van der Waals surface area (Å²) in [7, 11) is 1.56. The van der Waals surface area contributed by atoms with E-state index in [1.54, 1.807) is 57.4 Å². The minimum absolute atomic E-state index is 0.0763. The van der Waals surface area contributed by atoms with E-state index in [1.807, 2.05) is 0 Å². The third-order valence-electron chi connectivity index (χ3n) is 6.81. The van der Waals surface area contributed by atoms with Crippen molar-refractivity contribution in [1.29, 1.82) is 0 Å². The Labute approximate surface area is 233 Å². The molecule has 2 aromatic carbocycles. The molecule has 0 spiro atoms. The van der Waals surface area contributed by atoms with Gasteiger partial charge in [-0.25, -0.2) is 9.79 Å². The van der Waals surface area contributed by atoms with Crippen molar-refractivity contribution in [2.24, 2.45) is 4.99 Å². The number of aromatic nitrogens is 1. The average Bonchev–Trinajstić information content (AvgIpc) is 3.26. The van der Waals surface area contributed by atoms with Gasteiger partial charge in [0.1, 0.15) is 5.75 Å². The van der Waals surface area contributed by atoms with Crippen LogP contribution in [0.5, 0.6) is 5.75 Å². The summed E-state index contributed by atoms with van der Waals surface area (Å²) >= 11 is 1.17. The molecule has 11 nitrogen and oxygen atoms in total. The molecule has 3 aromatic rings. The number of methoxy groups -OCH3 is 1. The Morgan fingerprint density at radius 3 is 2.60 bits per heavy atom. The number of nitro benzene ring substituents is 1. The number of non-ortho nitro benzene ring substituents is 1.